The van der Waals surface area contributed by atoms with Crippen LogP contribution in [0.1, 0.15) is 26.7 Å². The van der Waals surface area contributed by atoms with Crippen LogP contribution in [0.15, 0.2) is 12.2 Å². The van der Waals surface area contributed by atoms with E-state index in [9.17, 15) is 31.1 Å². The Morgan fingerprint density at radius 2 is 1.61 bits per heavy atom. The third-order valence-corrected chi connectivity index (χ3v) is 2.79. The van der Waals surface area contributed by atoms with Crippen molar-refractivity contribution in [3.63, 3.8) is 0 Å². The molecule has 0 rings (SSSR count). The number of aliphatic hydroxyl groups is 1. The predicted octanol–water partition coefficient (Wildman–Crippen LogP) is 3.15. The molecule has 0 aromatic heterocycles. The van der Waals surface area contributed by atoms with Gasteiger partial charge in [0.25, 0.3) is 5.60 Å². The van der Waals surface area contributed by atoms with Crippen LogP contribution in [0.25, 0.3) is 0 Å². The maximum atomic E-state index is 12.5. The van der Waals surface area contributed by atoms with Crippen LogP contribution in [-0.2, 0) is 14.3 Å². The molecule has 0 aliphatic heterocycles. The van der Waals surface area contributed by atoms with Crippen molar-refractivity contribution in [2.24, 2.45) is 0 Å². The first-order valence-electron chi connectivity index (χ1n) is 6.52. The molecule has 0 saturated heterocycles. The molecule has 0 fully saturated rings. The third-order valence-electron chi connectivity index (χ3n) is 2.79. The first kappa shape index (κ1) is 21.7. The fourth-order valence-electron chi connectivity index (χ4n) is 1.50. The van der Waals surface area contributed by atoms with Crippen LogP contribution in [0.2, 0.25) is 0 Å². The maximum absolute atomic E-state index is 12.5. The summed E-state index contributed by atoms with van der Waals surface area (Å²) in [5.74, 6) is -0.665. The molecule has 1 N–H and O–H groups in total. The van der Waals surface area contributed by atoms with Crippen molar-refractivity contribution in [2.45, 2.75) is 50.7 Å². The van der Waals surface area contributed by atoms with Crippen LogP contribution < -0.4 is 0 Å². The molecule has 0 aliphatic carbocycles. The Kier molecular flexibility index (Phi) is 7.55. The highest BCUT2D eigenvalue weighted by Gasteiger charge is 2.70. The fourth-order valence-corrected chi connectivity index (χ4v) is 1.50. The van der Waals surface area contributed by atoms with Gasteiger partial charge in [0.2, 0.25) is 0 Å². The van der Waals surface area contributed by atoms with Crippen LogP contribution in [0.5, 0.6) is 0 Å². The number of alkyl halides is 6. The molecule has 4 nitrogen and oxygen atoms in total. The second-order valence-corrected chi connectivity index (χ2v) is 5.01. The lowest BCUT2D eigenvalue weighted by Gasteiger charge is -2.34. The van der Waals surface area contributed by atoms with Gasteiger partial charge < -0.3 is 14.6 Å². The van der Waals surface area contributed by atoms with Gasteiger partial charge in [-0.05, 0) is 13.8 Å². The zero-order chi connectivity index (χ0) is 18.5. The summed E-state index contributed by atoms with van der Waals surface area (Å²) in [5.41, 5.74) is -4.69. The summed E-state index contributed by atoms with van der Waals surface area (Å²) in [7, 11) is 0. The smallest absolute Gasteiger partial charge is 0.426 e. The Morgan fingerprint density at radius 3 is 2.00 bits per heavy atom. The molecule has 23 heavy (non-hydrogen) atoms. The van der Waals surface area contributed by atoms with Gasteiger partial charge in [-0.1, -0.05) is 6.58 Å². The van der Waals surface area contributed by atoms with E-state index in [4.69, 9.17) is 9.84 Å². The predicted molar refractivity (Wildman–Crippen MR) is 67.5 cm³/mol. The van der Waals surface area contributed by atoms with E-state index in [1.54, 1.807) is 0 Å². The molecule has 0 saturated carbocycles. The molecule has 0 aromatic rings. The molecule has 0 aromatic carbocycles. The largest absolute Gasteiger partial charge is 0.462 e. The maximum Gasteiger partial charge on any atom is 0.426 e. The third kappa shape index (κ3) is 6.38. The fraction of sp³-hybridized carbons (Fsp3) is 0.769. The van der Waals surface area contributed by atoms with Gasteiger partial charge >= 0.3 is 18.3 Å². The minimum absolute atomic E-state index is 0.0693. The van der Waals surface area contributed by atoms with E-state index in [2.05, 4.69) is 11.3 Å². The van der Waals surface area contributed by atoms with E-state index in [1.165, 1.54) is 6.92 Å². The highest BCUT2D eigenvalue weighted by atomic mass is 19.4. The van der Waals surface area contributed by atoms with Crippen LogP contribution in [0, 0.1) is 0 Å². The lowest BCUT2D eigenvalue weighted by molar-refractivity contribution is -0.374. The Hall–Kier alpha value is -1.29. The summed E-state index contributed by atoms with van der Waals surface area (Å²) in [6.07, 6.45) is -14.9. The Balaban J connectivity index is 4.39. The van der Waals surface area contributed by atoms with Crippen LogP contribution in [-0.4, -0.2) is 48.3 Å². The van der Waals surface area contributed by atoms with Crippen LogP contribution in [0.4, 0.5) is 26.3 Å². The van der Waals surface area contributed by atoms with Crippen molar-refractivity contribution in [1.29, 1.82) is 0 Å². The van der Waals surface area contributed by atoms with E-state index in [-0.39, 0.29) is 25.2 Å². The van der Waals surface area contributed by atoms with E-state index < -0.39 is 36.4 Å². The number of halogens is 6. The molecule has 0 aliphatic rings. The first-order chi connectivity index (χ1) is 10.2. The quantitative estimate of drug-likeness (QED) is 0.316. The second kappa shape index (κ2) is 8.00. The van der Waals surface area contributed by atoms with Crippen molar-refractivity contribution < 1.29 is 45.7 Å². The molecule has 0 spiro atoms. The highest BCUT2D eigenvalue weighted by Crippen LogP contribution is 2.46. The van der Waals surface area contributed by atoms with E-state index >= 15 is 0 Å². The molecule has 0 heterocycles. The van der Waals surface area contributed by atoms with Crippen molar-refractivity contribution >= 4 is 5.97 Å². The van der Waals surface area contributed by atoms with Crippen LogP contribution >= 0.6 is 0 Å². The molecule has 1 atom stereocenters. The lowest BCUT2D eigenvalue weighted by atomic mass is 9.95. The van der Waals surface area contributed by atoms with Gasteiger partial charge in [0, 0.05) is 18.4 Å². The van der Waals surface area contributed by atoms with Crippen molar-refractivity contribution in [3.8, 4) is 0 Å². The summed E-state index contributed by atoms with van der Waals surface area (Å²) < 4.78 is 84.3. The van der Waals surface area contributed by atoms with Gasteiger partial charge in [0.05, 0.1) is 19.3 Å². The summed E-state index contributed by atoms with van der Waals surface area (Å²) in [4.78, 5) is 11.0. The Bertz CT molecular complexity index is 402. The van der Waals surface area contributed by atoms with E-state index in [0.29, 0.717) is 0 Å². The molecular weight excluding hydrogens is 334 g/mol. The molecule has 10 heteroatoms. The minimum Gasteiger partial charge on any atom is -0.462 e. The molecule has 0 radical (unpaired) electrons. The van der Waals surface area contributed by atoms with Gasteiger partial charge in [-0.3, -0.25) is 0 Å². The average molecular weight is 352 g/mol. The molecule has 1 unspecified atom stereocenters. The monoisotopic (exact) mass is 352 g/mol. The lowest BCUT2D eigenvalue weighted by Crippen LogP contribution is -2.58. The van der Waals surface area contributed by atoms with E-state index in [0.717, 1.165) is 6.92 Å². The number of carbonyl (C=O) groups is 1. The minimum atomic E-state index is -5.88. The molecule has 136 valence electrons. The number of rotatable bonds is 8. The highest BCUT2D eigenvalue weighted by molar-refractivity contribution is 5.86. The Morgan fingerprint density at radius 1 is 1.13 bits per heavy atom. The number of ether oxygens (including phenoxy) is 2. The van der Waals surface area contributed by atoms with Gasteiger partial charge in [0.1, 0.15) is 0 Å². The topological polar surface area (TPSA) is 55.8 Å². The van der Waals surface area contributed by atoms with Gasteiger partial charge in [-0.15, -0.1) is 0 Å². The van der Waals surface area contributed by atoms with Crippen molar-refractivity contribution in [1.82, 2.24) is 0 Å². The second-order valence-electron chi connectivity index (χ2n) is 5.01. The Labute approximate surface area is 129 Å². The zero-order valence-electron chi connectivity index (χ0n) is 12.6. The molecule has 0 amide bonds. The van der Waals surface area contributed by atoms with Gasteiger partial charge in [0.15, 0.2) is 0 Å². The number of hydrogen-bond acceptors (Lipinski definition) is 4. The van der Waals surface area contributed by atoms with Crippen LogP contribution in [0.3, 0.4) is 0 Å². The van der Waals surface area contributed by atoms with Gasteiger partial charge in [-0.25, -0.2) is 4.79 Å². The summed E-state index contributed by atoms with van der Waals surface area (Å²) in [6, 6.07) is 0. The van der Waals surface area contributed by atoms with Crippen molar-refractivity contribution in [2.75, 3.05) is 13.2 Å². The molecule has 0 bridgehead atoms. The normalized spacial score (nSPS) is 14.5. The number of hydrogen-bond donors (Lipinski definition) is 1. The summed E-state index contributed by atoms with van der Waals surface area (Å²) >= 11 is 0. The first-order valence-corrected chi connectivity index (χ1v) is 6.52. The zero-order valence-corrected chi connectivity index (χ0v) is 12.6. The summed E-state index contributed by atoms with van der Waals surface area (Å²) in [6.45, 7) is 5.35. The number of esters is 1. The standard InChI is InChI=1S/C13H18F6O4/c1-8(2)10(20)23-6-4-5-22-9(3)7-11(21,12(14,15)16)13(17,18)19/h9,21H,1,4-7H2,2-3H3. The average Bonchev–Trinajstić information content (AvgIpc) is 2.34. The van der Waals surface area contributed by atoms with Gasteiger partial charge in [-0.2, -0.15) is 26.3 Å². The SMILES string of the molecule is C=C(C)C(=O)OCCCOC(C)CC(O)(C(F)(F)F)C(F)(F)F. The number of carbonyl (C=O) groups excluding carboxylic acids is 1. The van der Waals surface area contributed by atoms with Crippen molar-refractivity contribution in [3.05, 3.63) is 12.2 Å². The summed E-state index contributed by atoms with van der Waals surface area (Å²) in [5, 5.41) is 8.98. The molecular formula is C13H18F6O4. The van der Waals surface area contributed by atoms with E-state index in [1.807, 2.05) is 0 Å².